The van der Waals surface area contributed by atoms with Gasteiger partial charge in [0.1, 0.15) is 17.5 Å². The van der Waals surface area contributed by atoms with Crippen LogP contribution in [0.4, 0.5) is 30.5 Å². The molecule has 0 unspecified atom stereocenters. The normalized spacial score (nSPS) is 10.3. The van der Waals surface area contributed by atoms with Gasteiger partial charge in [-0.1, -0.05) is 6.07 Å². The number of pyridine rings is 1. The maximum absolute atomic E-state index is 13.3. The molecule has 0 atom stereocenters. The molecule has 0 bridgehead atoms. The zero-order valence-electron chi connectivity index (χ0n) is 8.55. The zero-order chi connectivity index (χ0) is 12.4. The van der Waals surface area contributed by atoms with Crippen LogP contribution in [0, 0.1) is 17.5 Å². The quantitative estimate of drug-likeness (QED) is 0.792. The monoisotopic (exact) mass is 239 g/mol. The van der Waals surface area contributed by atoms with Gasteiger partial charge >= 0.3 is 0 Å². The van der Waals surface area contributed by atoms with Gasteiger partial charge in [0.2, 0.25) is 0 Å². The third kappa shape index (κ3) is 2.47. The predicted octanol–water partition coefficient (Wildman–Crippen LogP) is 2.82. The fraction of sp³-hybridized carbons (Fsp3) is 0. The number of nitrogen functional groups attached to an aromatic ring is 1. The lowest BCUT2D eigenvalue weighted by molar-refractivity contribution is 0.496. The van der Waals surface area contributed by atoms with Gasteiger partial charge in [-0.15, -0.1) is 0 Å². The van der Waals surface area contributed by atoms with E-state index in [1.165, 1.54) is 6.07 Å². The minimum absolute atomic E-state index is 0.206. The molecule has 0 aliphatic heterocycles. The van der Waals surface area contributed by atoms with E-state index in [4.69, 9.17) is 5.73 Å². The number of rotatable bonds is 2. The molecule has 1 aromatic carbocycles. The van der Waals surface area contributed by atoms with Gasteiger partial charge in [-0.2, -0.15) is 0 Å². The SMILES string of the molecule is Nc1cccc(Nc2cc(F)c(F)cc2F)n1. The first-order chi connectivity index (χ1) is 8.06. The highest BCUT2D eigenvalue weighted by Gasteiger charge is 2.10. The largest absolute Gasteiger partial charge is 0.384 e. The summed E-state index contributed by atoms with van der Waals surface area (Å²) in [6.07, 6.45) is 0. The first-order valence-electron chi connectivity index (χ1n) is 4.70. The molecule has 1 heterocycles. The smallest absolute Gasteiger partial charge is 0.161 e. The Bertz CT molecular complexity index is 558. The summed E-state index contributed by atoms with van der Waals surface area (Å²) in [7, 11) is 0. The molecule has 2 rings (SSSR count). The summed E-state index contributed by atoms with van der Waals surface area (Å²) in [6, 6.07) is 5.85. The van der Waals surface area contributed by atoms with Crippen LogP contribution in [0.1, 0.15) is 0 Å². The van der Waals surface area contributed by atoms with Crippen LogP contribution in [0.3, 0.4) is 0 Å². The summed E-state index contributed by atoms with van der Waals surface area (Å²) in [5.41, 5.74) is 5.22. The summed E-state index contributed by atoms with van der Waals surface area (Å²) < 4.78 is 38.9. The maximum Gasteiger partial charge on any atom is 0.161 e. The van der Waals surface area contributed by atoms with Crippen LogP contribution in [0.5, 0.6) is 0 Å². The number of hydrogen-bond donors (Lipinski definition) is 2. The van der Waals surface area contributed by atoms with E-state index in [9.17, 15) is 13.2 Å². The van der Waals surface area contributed by atoms with Crippen molar-refractivity contribution in [2.75, 3.05) is 11.1 Å². The zero-order valence-corrected chi connectivity index (χ0v) is 8.55. The van der Waals surface area contributed by atoms with Crippen molar-refractivity contribution in [3.8, 4) is 0 Å². The Labute approximate surface area is 95.1 Å². The number of benzene rings is 1. The average molecular weight is 239 g/mol. The highest BCUT2D eigenvalue weighted by molar-refractivity contribution is 5.58. The molecule has 0 amide bonds. The van der Waals surface area contributed by atoms with Crippen LogP contribution in [0.2, 0.25) is 0 Å². The van der Waals surface area contributed by atoms with Crippen LogP contribution < -0.4 is 11.1 Å². The lowest BCUT2D eigenvalue weighted by Crippen LogP contribution is -2.00. The van der Waals surface area contributed by atoms with Crippen LogP contribution in [-0.2, 0) is 0 Å². The van der Waals surface area contributed by atoms with Crippen molar-refractivity contribution < 1.29 is 13.2 Å². The van der Waals surface area contributed by atoms with Gasteiger partial charge in [0.05, 0.1) is 5.69 Å². The minimum atomic E-state index is -1.24. The summed E-state index contributed by atoms with van der Waals surface area (Å²) in [4.78, 5) is 3.85. The molecule has 0 fully saturated rings. The fourth-order valence-corrected chi connectivity index (χ4v) is 1.28. The first-order valence-corrected chi connectivity index (χ1v) is 4.70. The summed E-state index contributed by atoms with van der Waals surface area (Å²) in [6.45, 7) is 0. The van der Waals surface area contributed by atoms with E-state index < -0.39 is 17.5 Å². The number of anilines is 3. The second-order valence-corrected chi connectivity index (χ2v) is 3.32. The van der Waals surface area contributed by atoms with Crippen molar-refractivity contribution in [2.24, 2.45) is 0 Å². The van der Waals surface area contributed by atoms with Gasteiger partial charge in [0, 0.05) is 12.1 Å². The summed E-state index contributed by atoms with van der Waals surface area (Å²) >= 11 is 0. The molecule has 0 saturated carbocycles. The minimum Gasteiger partial charge on any atom is -0.384 e. The van der Waals surface area contributed by atoms with Crippen LogP contribution in [-0.4, -0.2) is 4.98 Å². The van der Waals surface area contributed by atoms with Crippen molar-refractivity contribution >= 4 is 17.3 Å². The Morgan fingerprint density at radius 1 is 1.00 bits per heavy atom. The number of aromatic nitrogens is 1. The van der Waals surface area contributed by atoms with Gasteiger partial charge in [0.25, 0.3) is 0 Å². The van der Waals surface area contributed by atoms with Crippen LogP contribution in [0.15, 0.2) is 30.3 Å². The van der Waals surface area contributed by atoms with Gasteiger partial charge in [0.15, 0.2) is 11.6 Å². The number of hydrogen-bond acceptors (Lipinski definition) is 3. The molecule has 6 heteroatoms. The van der Waals surface area contributed by atoms with E-state index in [1.807, 2.05) is 0 Å². The molecule has 3 nitrogen and oxygen atoms in total. The van der Waals surface area contributed by atoms with Crippen molar-refractivity contribution in [3.05, 3.63) is 47.8 Å². The molecule has 0 aliphatic rings. The van der Waals surface area contributed by atoms with Crippen LogP contribution in [0.25, 0.3) is 0 Å². The standard InChI is InChI=1S/C11H8F3N3/c12-6-4-8(14)9(5-7(6)13)16-11-3-1-2-10(15)17-11/h1-5H,(H3,15,16,17). The topological polar surface area (TPSA) is 50.9 Å². The highest BCUT2D eigenvalue weighted by Crippen LogP contribution is 2.21. The van der Waals surface area contributed by atoms with Crippen LogP contribution >= 0.6 is 0 Å². The highest BCUT2D eigenvalue weighted by atomic mass is 19.2. The first kappa shape index (κ1) is 11.3. The lowest BCUT2D eigenvalue weighted by Gasteiger charge is -2.07. The van der Waals surface area contributed by atoms with Crippen molar-refractivity contribution in [2.45, 2.75) is 0 Å². The number of halogens is 3. The number of nitrogens with two attached hydrogens (primary N) is 1. The Kier molecular flexibility index (Phi) is 2.86. The molecule has 17 heavy (non-hydrogen) atoms. The molecular formula is C11H8F3N3. The molecule has 0 saturated heterocycles. The number of nitrogens with zero attached hydrogens (tertiary/aromatic N) is 1. The number of nitrogens with one attached hydrogen (secondary N) is 1. The van der Waals surface area contributed by atoms with E-state index in [2.05, 4.69) is 10.3 Å². The summed E-state index contributed by atoms with van der Waals surface area (Å²) in [5.74, 6) is -2.81. The second-order valence-electron chi connectivity index (χ2n) is 3.32. The molecular weight excluding hydrogens is 231 g/mol. The lowest BCUT2D eigenvalue weighted by atomic mass is 10.2. The molecule has 1 aromatic heterocycles. The molecule has 3 N–H and O–H groups in total. The van der Waals surface area contributed by atoms with E-state index in [-0.39, 0.29) is 17.3 Å². The third-order valence-corrected chi connectivity index (χ3v) is 2.04. The van der Waals surface area contributed by atoms with Crippen molar-refractivity contribution in [1.29, 1.82) is 0 Å². The summed E-state index contributed by atoms with van der Waals surface area (Å²) in [5, 5.41) is 2.51. The second kappa shape index (κ2) is 4.32. The molecule has 88 valence electrons. The van der Waals surface area contributed by atoms with Gasteiger partial charge in [-0.05, 0) is 12.1 Å². The average Bonchev–Trinajstić information content (AvgIpc) is 2.26. The molecule has 0 radical (unpaired) electrons. The Morgan fingerprint density at radius 2 is 1.71 bits per heavy atom. The molecule has 0 aliphatic carbocycles. The van der Waals surface area contributed by atoms with Crippen molar-refractivity contribution in [3.63, 3.8) is 0 Å². The van der Waals surface area contributed by atoms with E-state index in [0.29, 0.717) is 6.07 Å². The maximum atomic E-state index is 13.3. The molecule has 0 spiro atoms. The Hall–Kier alpha value is -2.24. The van der Waals surface area contributed by atoms with E-state index in [1.54, 1.807) is 12.1 Å². The molecule has 2 aromatic rings. The van der Waals surface area contributed by atoms with Gasteiger partial charge in [-0.3, -0.25) is 0 Å². The fourth-order valence-electron chi connectivity index (χ4n) is 1.28. The Balaban J connectivity index is 2.33. The third-order valence-electron chi connectivity index (χ3n) is 2.04. The van der Waals surface area contributed by atoms with E-state index in [0.717, 1.165) is 6.07 Å². The van der Waals surface area contributed by atoms with Gasteiger partial charge < -0.3 is 11.1 Å². The van der Waals surface area contributed by atoms with E-state index >= 15 is 0 Å². The predicted molar refractivity (Wildman–Crippen MR) is 58.2 cm³/mol. The Morgan fingerprint density at radius 3 is 2.41 bits per heavy atom. The van der Waals surface area contributed by atoms with Crippen molar-refractivity contribution in [1.82, 2.24) is 4.98 Å². The van der Waals surface area contributed by atoms with Gasteiger partial charge in [-0.25, -0.2) is 18.2 Å².